The maximum atomic E-state index is 12.2. The molecule has 2 heterocycles. The zero-order valence-corrected chi connectivity index (χ0v) is 15.7. The van der Waals surface area contributed by atoms with Gasteiger partial charge in [0.15, 0.2) is 0 Å². The third-order valence-electron chi connectivity index (χ3n) is 4.37. The highest BCUT2D eigenvalue weighted by Crippen LogP contribution is 2.16. The molecule has 0 radical (unpaired) electrons. The lowest BCUT2D eigenvalue weighted by Gasteiger charge is -2.32. The van der Waals surface area contributed by atoms with Crippen LogP contribution in [0, 0.1) is 0 Å². The Morgan fingerprint density at radius 1 is 1.07 bits per heavy atom. The standard InChI is InChI=1S/C19H24N6O3/c1-28-13-17(26)22-14-3-5-15(6-4-14)23-19(27)24-16-7-11-25(12-8-16)18-20-9-2-10-21-18/h2-6,9-10,16H,7-8,11-13H2,1H3,(H,22,26)(H2,23,24,27). The third kappa shape index (κ3) is 5.65. The molecule has 148 valence electrons. The second kappa shape index (κ2) is 9.65. The molecule has 3 N–H and O–H groups in total. The summed E-state index contributed by atoms with van der Waals surface area (Å²) in [7, 11) is 1.46. The summed E-state index contributed by atoms with van der Waals surface area (Å²) in [4.78, 5) is 34.4. The summed E-state index contributed by atoms with van der Waals surface area (Å²) < 4.78 is 4.77. The van der Waals surface area contributed by atoms with Gasteiger partial charge in [-0.1, -0.05) is 0 Å². The number of anilines is 3. The van der Waals surface area contributed by atoms with Crippen LogP contribution in [0.5, 0.6) is 0 Å². The molecule has 1 fully saturated rings. The maximum Gasteiger partial charge on any atom is 0.319 e. The first-order valence-corrected chi connectivity index (χ1v) is 9.12. The zero-order valence-electron chi connectivity index (χ0n) is 15.7. The van der Waals surface area contributed by atoms with Crippen LogP contribution in [0.2, 0.25) is 0 Å². The van der Waals surface area contributed by atoms with Gasteiger partial charge in [0.05, 0.1) is 0 Å². The zero-order chi connectivity index (χ0) is 19.8. The Bertz CT molecular complexity index is 776. The number of methoxy groups -OCH3 is 1. The number of aromatic nitrogens is 2. The Labute approximate surface area is 163 Å². The van der Waals surface area contributed by atoms with E-state index in [2.05, 4.69) is 30.8 Å². The number of carbonyl (C=O) groups is 2. The van der Waals surface area contributed by atoms with Crippen molar-refractivity contribution >= 4 is 29.3 Å². The molecule has 0 atom stereocenters. The highest BCUT2D eigenvalue weighted by molar-refractivity contribution is 5.93. The van der Waals surface area contributed by atoms with Crippen LogP contribution in [0.15, 0.2) is 42.7 Å². The van der Waals surface area contributed by atoms with Crippen LogP contribution in [-0.4, -0.2) is 54.8 Å². The van der Waals surface area contributed by atoms with E-state index in [0.717, 1.165) is 31.9 Å². The quantitative estimate of drug-likeness (QED) is 0.701. The van der Waals surface area contributed by atoms with E-state index in [1.165, 1.54) is 7.11 Å². The van der Waals surface area contributed by atoms with Crippen molar-refractivity contribution in [1.29, 1.82) is 0 Å². The van der Waals surface area contributed by atoms with E-state index < -0.39 is 0 Å². The average molecular weight is 384 g/mol. The van der Waals surface area contributed by atoms with Gasteiger partial charge in [-0.2, -0.15) is 0 Å². The fraction of sp³-hybridized carbons (Fsp3) is 0.368. The fourth-order valence-corrected chi connectivity index (χ4v) is 3.00. The second-order valence-electron chi connectivity index (χ2n) is 6.47. The van der Waals surface area contributed by atoms with Crippen LogP contribution in [0.3, 0.4) is 0 Å². The predicted octanol–water partition coefficient (Wildman–Crippen LogP) is 1.85. The van der Waals surface area contributed by atoms with Gasteiger partial charge in [0.25, 0.3) is 0 Å². The molecule has 3 amide bonds. The van der Waals surface area contributed by atoms with Crippen LogP contribution < -0.4 is 20.9 Å². The molecule has 9 heteroatoms. The largest absolute Gasteiger partial charge is 0.375 e. The van der Waals surface area contributed by atoms with Crippen LogP contribution in [-0.2, 0) is 9.53 Å². The minimum absolute atomic E-state index is 0.00236. The average Bonchev–Trinajstić information content (AvgIpc) is 2.71. The molecule has 2 aromatic rings. The summed E-state index contributed by atoms with van der Waals surface area (Å²) >= 11 is 0. The van der Waals surface area contributed by atoms with Crippen LogP contribution in [0.1, 0.15) is 12.8 Å². The van der Waals surface area contributed by atoms with Crippen LogP contribution in [0.25, 0.3) is 0 Å². The molecule has 9 nitrogen and oxygen atoms in total. The van der Waals surface area contributed by atoms with E-state index in [9.17, 15) is 9.59 Å². The Morgan fingerprint density at radius 3 is 2.29 bits per heavy atom. The molecule has 0 aliphatic carbocycles. The summed E-state index contributed by atoms with van der Waals surface area (Å²) in [6.07, 6.45) is 5.12. The van der Waals surface area contributed by atoms with E-state index in [1.54, 1.807) is 42.7 Å². The Hall–Kier alpha value is -3.20. The molecular weight excluding hydrogens is 360 g/mol. The number of nitrogens with one attached hydrogen (secondary N) is 3. The number of amides is 3. The lowest BCUT2D eigenvalue weighted by Crippen LogP contribution is -2.46. The summed E-state index contributed by atoms with van der Waals surface area (Å²) in [5.74, 6) is 0.497. The van der Waals surface area contributed by atoms with Crippen molar-refractivity contribution in [3.8, 4) is 0 Å². The first-order chi connectivity index (χ1) is 13.6. The predicted molar refractivity (Wildman–Crippen MR) is 106 cm³/mol. The molecule has 0 bridgehead atoms. The Kier molecular flexibility index (Phi) is 6.74. The number of carbonyl (C=O) groups excluding carboxylic acids is 2. The molecule has 1 aliphatic rings. The number of benzene rings is 1. The van der Waals surface area contributed by atoms with Crippen molar-refractivity contribution in [1.82, 2.24) is 15.3 Å². The number of rotatable bonds is 6. The highest BCUT2D eigenvalue weighted by atomic mass is 16.5. The first-order valence-electron chi connectivity index (χ1n) is 9.12. The van der Waals surface area contributed by atoms with Crippen molar-refractivity contribution in [2.24, 2.45) is 0 Å². The number of ether oxygens (including phenoxy) is 1. The summed E-state index contributed by atoms with van der Waals surface area (Å²) in [5.41, 5.74) is 1.29. The number of urea groups is 1. The molecular formula is C19H24N6O3. The minimum atomic E-state index is -0.245. The molecule has 0 spiro atoms. The monoisotopic (exact) mass is 384 g/mol. The molecule has 0 saturated carbocycles. The van der Waals surface area contributed by atoms with Crippen molar-refractivity contribution in [2.45, 2.75) is 18.9 Å². The summed E-state index contributed by atoms with van der Waals surface area (Å²) in [5, 5.41) is 8.51. The normalized spacial score (nSPS) is 14.4. The van der Waals surface area contributed by atoms with Gasteiger partial charge in [-0.3, -0.25) is 4.79 Å². The van der Waals surface area contributed by atoms with Gasteiger partial charge in [0.1, 0.15) is 6.61 Å². The number of nitrogens with zero attached hydrogens (tertiary/aromatic N) is 3. The topological polar surface area (TPSA) is 108 Å². The number of hydrogen-bond donors (Lipinski definition) is 3. The van der Waals surface area contributed by atoms with Crippen molar-refractivity contribution in [2.75, 3.05) is 42.3 Å². The van der Waals surface area contributed by atoms with Crippen LogP contribution >= 0.6 is 0 Å². The van der Waals surface area contributed by atoms with Gasteiger partial charge in [-0.25, -0.2) is 14.8 Å². The second-order valence-corrected chi connectivity index (χ2v) is 6.47. The van der Waals surface area contributed by atoms with Gasteiger partial charge >= 0.3 is 6.03 Å². The van der Waals surface area contributed by atoms with E-state index in [-0.39, 0.29) is 24.6 Å². The minimum Gasteiger partial charge on any atom is -0.375 e. The third-order valence-corrected chi connectivity index (χ3v) is 4.37. The Morgan fingerprint density at radius 2 is 1.68 bits per heavy atom. The van der Waals surface area contributed by atoms with Crippen molar-refractivity contribution in [3.63, 3.8) is 0 Å². The summed E-state index contributed by atoms with van der Waals surface area (Å²) in [6, 6.07) is 8.57. The highest BCUT2D eigenvalue weighted by Gasteiger charge is 2.22. The fourth-order valence-electron chi connectivity index (χ4n) is 3.00. The van der Waals surface area contributed by atoms with Crippen molar-refractivity contribution in [3.05, 3.63) is 42.7 Å². The van der Waals surface area contributed by atoms with Crippen LogP contribution in [0.4, 0.5) is 22.1 Å². The smallest absolute Gasteiger partial charge is 0.319 e. The van der Waals surface area contributed by atoms with E-state index in [4.69, 9.17) is 4.74 Å². The molecule has 3 rings (SSSR count). The van der Waals surface area contributed by atoms with Gasteiger partial charge in [-0.15, -0.1) is 0 Å². The molecule has 1 aromatic carbocycles. The number of hydrogen-bond acceptors (Lipinski definition) is 6. The van der Waals surface area contributed by atoms with Crippen molar-refractivity contribution < 1.29 is 14.3 Å². The maximum absolute atomic E-state index is 12.2. The van der Waals surface area contributed by atoms with Gasteiger partial charge < -0.3 is 25.6 Å². The van der Waals surface area contributed by atoms with E-state index in [1.807, 2.05) is 0 Å². The van der Waals surface area contributed by atoms with E-state index in [0.29, 0.717) is 11.4 Å². The molecule has 1 aromatic heterocycles. The summed E-state index contributed by atoms with van der Waals surface area (Å²) in [6.45, 7) is 1.59. The van der Waals surface area contributed by atoms with Gasteiger partial charge in [-0.05, 0) is 43.2 Å². The molecule has 1 saturated heterocycles. The Balaban J connectivity index is 1.43. The van der Waals surface area contributed by atoms with Gasteiger partial charge in [0, 0.05) is 50.0 Å². The molecule has 0 unspecified atom stereocenters. The lowest BCUT2D eigenvalue weighted by atomic mass is 10.1. The lowest BCUT2D eigenvalue weighted by molar-refractivity contribution is -0.119. The van der Waals surface area contributed by atoms with E-state index >= 15 is 0 Å². The molecule has 1 aliphatic heterocycles. The molecule has 28 heavy (non-hydrogen) atoms. The van der Waals surface area contributed by atoms with Gasteiger partial charge in [0.2, 0.25) is 11.9 Å². The SMILES string of the molecule is COCC(=O)Nc1ccc(NC(=O)NC2CCN(c3ncccn3)CC2)cc1. The number of piperidine rings is 1. The first kappa shape index (κ1) is 19.6.